The van der Waals surface area contributed by atoms with Gasteiger partial charge in [0.05, 0.1) is 0 Å². The van der Waals surface area contributed by atoms with Gasteiger partial charge in [-0.3, -0.25) is 0 Å². The minimum absolute atomic E-state index is 0.0981. The van der Waals surface area contributed by atoms with E-state index in [1.807, 2.05) is 0 Å². The van der Waals surface area contributed by atoms with Crippen molar-refractivity contribution in [2.75, 3.05) is 0 Å². The van der Waals surface area contributed by atoms with Crippen LogP contribution >= 0.6 is 0 Å². The maximum atomic E-state index is 6.77. The van der Waals surface area contributed by atoms with E-state index in [2.05, 4.69) is 52.0 Å². The molecule has 0 aromatic heterocycles. The predicted molar refractivity (Wildman–Crippen MR) is 87.8 cm³/mol. The van der Waals surface area contributed by atoms with Gasteiger partial charge in [0.15, 0.2) is 0 Å². The monoisotopic (exact) mass is 273 g/mol. The van der Waals surface area contributed by atoms with Crippen molar-refractivity contribution in [3.05, 3.63) is 35.4 Å². The Morgan fingerprint density at radius 1 is 1.00 bits per heavy atom. The first-order chi connectivity index (χ1) is 9.42. The van der Waals surface area contributed by atoms with Gasteiger partial charge in [0, 0.05) is 5.54 Å². The van der Waals surface area contributed by atoms with Crippen LogP contribution in [0.4, 0.5) is 0 Å². The van der Waals surface area contributed by atoms with Gasteiger partial charge in [-0.15, -0.1) is 0 Å². The molecule has 1 aliphatic rings. The maximum absolute atomic E-state index is 6.77. The molecule has 0 aliphatic heterocycles. The first-order valence-electron chi connectivity index (χ1n) is 8.32. The molecular formula is C19H31N. The first kappa shape index (κ1) is 15.6. The lowest BCUT2D eigenvalue weighted by Gasteiger charge is -2.29. The van der Waals surface area contributed by atoms with Crippen molar-refractivity contribution < 1.29 is 0 Å². The Kier molecular flexibility index (Phi) is 4.90. The van der Waals surface area contributed by atoms with Gasteiger partial charge in [-0.05, 0) is 48.1 Å². The average Bonchev–Trinajstić information content (AvgIpc) is 2.62. The van der Waals surface area contributed by atoms with E-state index in [-0.39, 0.29) is 5.54 Å². The molecule has 1 aliphatic carbocycles. The molecule has 0 saturated heterocycles. The van der Waals surface area contributed by atoms with Crippen LogP contribution in [0.15, 0.2) is 24.3 Å². The fourth-order valence-corrected chi connectivity index (χ4v) is 3.55. The molecule has 1 aromatic carbocycles. The second kappa shape index (κ2) is 6.30. The van der Waals surface area contributed by atoms with Gasteiger partial charge in [-0.25, -0.2) is 0 Å². The van der Waals surface area contributed by atoms with Gasteiger partial charge < -0.3 is 5.73 Å². The summed E-state index contributed by atoms with van der Waals surface area (Å²) in [5.41, 5.74) is 9.42. The van der Waals surface area contributed by atoms with E-state index in [0.717, 1.165) is 24.7 Å². The van der Waals surface area contributed by atoms with Crippen LogP contribution in [0.3, 0.4) is 0 Å². The fourth-order valence-electron chi connectivity index (χ4n) is 3.55. The Morgan fingerprint density at radius 2 is 1.65 bits per heavy atom. The number of nitrogens with two attached hydrogens (primary N) is 1. The molecule has 2 rings (SSSR count). The quantitative estimate of drug-likeness (QED) is 0.753. The van der Waals surface area contributed by atoms with Gasteiger partial charge >= 0.3 is 0 Å². The third-order valence-electron chi connectivity index (χ3n) is 5.25. The van der Waals surface area contributed by atoms with Crippen molar-refractivity contribution in [2.45, 2.75) is 71.3 Å². The molecule has 2 unspecified atom stereocenters. The second-order valence-corrected chi connectivity index (χ2v) is 7.37. The van der Waals surface area contributed by atoms with Crippen LogP contribution in [0.1, 0.15) is 76.8 Å². The zero-order chi connectivity index (χ0) is 14.8. The lowest BCUT2D eigenvalue weighted by molar-refractivity contribution is 0.325. The average molecular weight is 273 g/mol. The van der Waals surface area contributed by atoms with Gasteiger partial charge in [-0.2, -0.15) is 0 Å². The van der Waals surface area contributed by atoms with Gasteiger partial charge in [0.1, 0.15) is 0 Å². The number of hydrogen-bond donors (Lipinski definition) is 1. The van der Waals surface area contributed by atoms with Crippen molar-refractivity contribution in [2.24, 2.45) is 17.6 Å². The molecule has 2 N–H and O–H groups in total. The van der Waals surface area contributed by atoms with E-state index >= 15 is 0 Å². The molecule has 112 valence electrons. The summed E-state index contributed by atoms with van der Waals surface area (Å²) in [6.45, 7) is 9.19. The van der Waals surface area contributed by atoms with E-state index in [0.29, 0.717) is 5.92 Å². The van der Waals surface area contributed by atoms with E-state index in [1.54, 1.807) is 0 Å². The molecule has 2 atom stereocenters. The Labute approximate surface area is 125 Å². The standard InChI is InChI=1S/C19H31N/c1-14(2)16-6-5-12-19(20,13-11-16)18-9-7-17(8-10-18)15(3)4/h7-10,14-16H,5-6,11-13,20H2,1-4H3. The maximum Gasteiger partial charge on any atom is 0.0409 e. The molecule has 0 bridgehead atoms. The number of benzene rings is 1. The van der Waals surface area contributed by atoms with Crippen molar-refractivity contribution >= 4 is 0 Å². The highest BCUT2D eigenvalue weighted by Gasteiger charge is 2.31. The molecule has 0 amide bonds. The second-order valence-electron chi connectivity index (χ2n) is 7.37. The summed E-state index contributed by atoms with van der Waals surface area (Å²) < 4.78 is 0. The highest BCUT2D eigenvalue weighted by molar-refractivity contribution is 5.30. The van der Waals surface area contributed by atoms with E-state index < -0.39 is 0 Å². The molecule has 0 radical (unpaired) electrons. The van der Waals surface area contributed by atoms with E-state index in [1.165, 1.54) is 30.4 Å². The number of hydrogen-bond acceptors (Lipinski definition) is 1. The SMILES string of the molecule is CC(C)c1ccc(C2(N)CCCC(C(C)C)CC2)cc1. The van der Waals surface area contributed by atoms with Crippen LogP contribution in [0, 0.1) is 11.8 Å². The summed E-state index contributed by atoms with van der Waals surface area (Å²) in [7, 11) is 0. The Morgan fingerprint density at radius 3 is 2.20 bits per heavy atom. The van der Waals surface area contributed by atoms with Crippen molar-refractivity contribution in [3.8, 4) is 0 Å². The molecule has 1 fully saturated rings. The Bertz CT molecular complexity index is 418. The van der Waals surface area contributed by atoms with Crippen LogP contribution in [0.5, 0.6) is 0 Å². The minimum Gasteiger partial charge on any atom is -0.321 e. The van der Waals surface area contributed by atoms with Crippen LogP contribution in [0.2, 0.25) is 0 Å². The normalized spacial score (nSPS) is 27.9. The van der Waals surface area contributed by atoms with Gasteiger partial charge in [0.2, 0.25) is 0 Å². The smallest absolute Gasteiger partial charge is 0.0409 e. The lowest BCUT2D eigenvalue weighted by atomic mass is 9.82. The van der Waals surface area contributed by atoms with Crippen molar-refractivity contribution in [3.63, 3.8) is 0 Å². The topological polar surface area (TPSA) is 26.0 Å². The Balaban J connectivity index is 2.13. The summed E-state index contributed by atoms with van der Waals surface area (Å²) in [6, 6.07) is 9.06. The Hall–Kier alpha value is -0.820. The van der Waals surface area contributed by atoms with Crippen LogP contribution in [0.25, 0.3) is 0 Å². The fraction of sp³-hybridized carbons (Fsp3) is 0.684. The molecule has 20 heavy (non-hydrogen) atoms. The van der Waals surface area contributed by atoms with Crippen LogP contribution in [-0.4, -0.2) is 0 Å². The van der Waals surface area contributed by atoms with Crippen molar-refractivity contribution in [1.29, 1.82) is 0 Å². The minimum atomic E-state index is -0.0981. The summed E-state index contributed by atoms with van der Waals surface area (Å²) in [5.74, 6) is 2.24. The molecule has 0 spiro atoms. The molecule has 1 aromatic rings. The van der Waals surface area contributed by atoms with Crippen LogP contribution < -0.4 is 5.73 Å². The summed E-state index contributed by atoms with van der Waals surface area (Å²) >= 11 is 0. The summed E-state index contributed by atoms with van der Waals surface area (Å²) in [6.07, 6.45) is 6.17. The van der Waals surface area contributed by atoms with Crippen molar-refractivity contribution in [1.82, 2.24) is 0 Å². The highest BCUT2D eigenvalue weighted by atomic mass is 14.7. The molecule has 1 nitrogen and oxygen atoms in total. The van der Waals surface area contributed by atoms with Gasteiger partial charge in [-0.1, -0.05) is 64.8 Å². The van der Waals surface area contributed by atoms with Crippen LogP contribution in [-0.2, 0) is 5.54 Å². The molecule has 1 heteroatoms. The molecular weight excluding hydrogens is 242 g/mol. The summed E-state index contributed by atoms with van der Waals surface area (Å²) in [5, 5.41) is 0. The van der Waals surface area contributed by atoms with E-state index in [9.17, 15) is 0 Å². The first-order valence-corrected chi connectivity index (χ1v) is 8.32. The highest BCUT2D eigenvalue weighted by Crippen LogP contribution is 2.38. The third kappa shape index (κ3) is 3.44. The zero-order valence-corrected chi connectivity index (χ0v) is 13.7. The predicted octanol–water partition coefficient (Wildman–Crippen LogP) is 5.20. The lowest BCUT2D eigenvalue weighted by Crippen LogP contribution is -2.36. The zero-order valence-electron chi connectivity index (χ0n) is 13.7. The molecule has 1 saturated carbocycles. The third-order valence-corrected chi connectivity index (χ3v) is 5.25. The number of rotatable bonds is 3. The summed E-state index contributed by atoms with van der Waals surface area (Å²) in [4.78, 5) is 0. The largest absolute Gasteiger partial charge is 0.321 e. The van der Waals surface area contributed by atoms with Gasteiger partial charge in [0.25, 0.3) is 0 Å². The van der Waals surface area contributed by atoms with E-state index in [4.69, 9.17) is 5.73 Å². The molecule has 0 heterocycles.